The lowest BCUT2D eigenvalue weighted by Gasteiger charge is -2.33. The third-order valence-corrected chi connectivity index (χ3v) is 3.97. The van der Waals surface area contributed by atoms with E-state index >= 15 is 0 Å². The van der Waals surface area contributed by atoms with Crippen LogP contribution in [0.3, 0.4) is 0 Å². The summed E-state index contributed by atoms with van der Waals surface area (Å²) in [5, 5.41) is 3.50. The number of nitrogens with zero attached hydrogens (tertiary/aromatic N) is 1. The number of carbonyl (C=O) groups excluding carboxylic acids is 1. The molecule has 0 radical (unpaired) electrons. The minimum absolute atomic E-state index is 0.207. The van der Waals surface area contributed by atoms with Crippen molar-refractivity contribution in [3.05, 3.63) is 0 Å². The van der Waals surface area contributed by atoms with Gasteiger partial charge in [-0.15, -0.1) is 0 Å². The number of carbonyl (C=O) groups is 1. The molecular weight excluding hydrogens is 280 g/mol. The fraction of sp³-hybridized carbons (Fsp3) is 0.941. The van der Waals surface area contributed by atoms with Crippen LogP contribution in [0.1, 0.15) is 60.3 Å². The van der Waals surface area contributed by atoms with E-state index in [1.807, 2.05) is 20.8 Å². The zero-order valence-electron chi connectivity index (χ0n) is 15.0. The Labute approximate surface area is 135 Å². The smallest absolute Gasteiger partial charge is 0.410 e. The lowest BCUT2D eigenvalue weighted by molar-refractivity contribution is -0.0108. The lowest BCUT2D eigenvalue weighted by atomic mass is 10.1. The van der Waals surface area contributed by atoms with Crippen LogP contribution in [-0.2, 0) is 9.47 Å². The Bertz CT molecular complexity index is 316. The predicted octanol–water partition coefficient (Wildman–Crippen LogP) is 3.18. The quantitative estimate of drug-likeness (QED) is 0.733. The summed E-state index contributed by atoms with van der Waals surface area (Å²) in [6.45, 7) is 13.2. The molecule has 5 nitrogen and oxygen atoms in total. The van der Waals surface area contributed by atoms with Gasteiger partial charge in [0, 0.05) is 25.7 Å². The molecule has 1 aliphatic heterocycles. The van der Waals surface area contributed by atoms with Crippen LogP contribution < -0.4 is 5.32 Å². The van der Waals surface area contributed by atoms with Gasteiger partial charge in [-0.1, -0.05) is 13.8 Å². The third-order valence-electron chi connectivity index (χ3n) is 3.97. The number of nitrogens with one attached hydrogen (secondary N) is 1. The Morgan fingerprint density at radius 1 is 1.23 bits per heavy atom. The second-order valence-electron chi connectivity index (χ2n) is 7.01. The Balaban J connectivity index is 2.16. The Morgan fingerprint density at radius 3 is 2.32 bits per heavy atom. The van der Waals surface area contributed by atoms with E-state index in [-0.39, 0.29) is 12.2 Å². The van der Waals surface area contributed by atoms with Gasteiger partial charge in [0.15, 0.2) is 0 Å². The summed E-state index contributed by atoms with van der Waals surface area (Å²) in [5.41, 5.74) is -0.425. The minimum atomic E-state index is -0.425. The van der Waals surface area contributed by atoms with Gasteiger partial charge in [0.25, 0.3) is 0 Å². The van der Waals surface area contributed by atoms with E-state index < -0.39 is 5.60 Å². The van der Waals surface area contributed by atoms with Gasteiger partial charge in [-0.3, -0.25) is 0 Å². The van der Waals surface area contributed by atoms with Gasteiger partial charge in [0.1, 0.15) is 5.60 Å². The van der Waals surface area contributed by atoms with E-state index in [1.165, 1.54) is 0 Å². The van der Waals surface area contributed by atoms with Crippen molar-refractivity contribution in [3.63, 3.8) is 0 Å². The van der Waals surface area contributed by atoms with Crippen LogP contribution in [0.5, 0.6) is 0 Å². The van der Waals surface area contributed by atoms with E-state index in [1.54, 1.807) is 4.90 Å². The molecule has 0 aromatic rings. The second kappa shape index (κ2) is 9.36. The van der Waals surface area contributed by atoms with Crippen LogP contribution in [0.25, 0.3) is 0 Å². The van der Waals surface area contributed by atoms with Crippen LogP contribution in [0.15, 0.2) is 0 Å². The number of hydrogen-bond donors (Lipinski definition) is 1. The van der Waals surface area contributed by atoms with Crippen molar-refractivity contribution >= 4 is 6.09 Å². The van der Waals surface area contributed by atoms with E-state index in [0.29, 0.717) is 6.04 Å². The summed E-state index contributed by atoms with van der Waals surface area (Å²) in [7, 11) is 0. The molecule has 1 fully saturated rings. The van der Waals surface area contributed by atoms with Crippen molar-refractivity contribution in [2.45, 2.75) is 78.0 Å². The molecule has 0 atom stereocenters. The summed E-state index contributed by atoms with van der Waals surface area (Å²) in [4.78, 5) is 13.8. The lowest BCUT2D eigenvalue weighted by Crippen LogP contribution is -2.43. The van der Waals surface area contributed by atoms with Crippen LogP contribution in [0, 0.1) is 0 Å². The SMILES string of the molecule is CCC(CC)NCCOC1CCN(C(=O)OC(C)(C)C)CC1. The van der Waals surface area contributed by atoms with Crippen molar-refractivity contribution in [1.29, 1.82) is 0 Å². The highest BCUT2D eigenvalue weighted by Crippen LogP contribution is 2.17. The van der Waals surface area contributed by atoms with Crippen molar-refractivity contribution < 1.29 is 14.3 Å². The number of hydrogen-bond acceptors (Lipinski definition) is 4. The van der Waals surface area contributed by atoms with Gasteiger partial charge >= 0.3 is 6.09 Å². The molecule has 0 saturated carbocycles. The van der Waals surface area contributed by atoms with Crippen molar-refractivity contribution in [1.82, 2.24) is 10.2 Å². The molecule has 1 amide bonds. The zero-order valence-corrected chi connectivity index (χ0v) is 15.0. The highest BCUT2D eigenvalue weighted by molar-refractivity contribution is 5.68. The maximum absolute atomic E-state index is 12.0. The highest BCUT2D eigenvalue weighted by Gasteiger charge is 2.27. The minimum Gasteiger partial charge on any atom is -0.444 e. The van der Waals surface area contributed by atoms with Gasteiger partial charge in [0.05, 0.1) is 12.7 Å². The van der Waals surface area contributed by atoms with Crippen molar-refractivity contribution in [2.75, 3.05) is 26.2 Å². The second-order valence-corrected chi connectivity index (χ2v) is 7.01. The molecule has 1 N–H and O–H groups in total. The average molecular weight is 314 g/mol. The van der Waals surface area contributed by atoms with Crippen molar-refractivity contribution in [2.24, 2.45) is 0 Å². The number of rotatable bonds is 7. The first-order chi connectivity index (χ1) is 10.4. The van der Waals surface area contributed by atoms with Crippen LogP contribution in [0.4, 0.5) is 4.79 Å². The van der Waals surface area contributed by atoms with E-state index in [4.69, 9.17) is 9.47 Å². The topological polar surface area (TPSA) is 50.8 Å². The molecule has 5 heteroatoms. The molecule has 1 saturated heterocycles. The van der Waals surface area contributed by atoms with E-state index in [9.17, 15) is 4.79 Å². The van der Waals surface area contributed by atoms with Crippen LogP contribution in [-0.4, -0.2) is 55.0 Å². The normalized spacial score (nSPS) is 17.1. The van der Waals surface area contributed by atoms with Gasteiger partial charge in [-0.2, -0.15) is 0 Å². The molecule has 0 spiro atoms. The predicted molar refractivity (Wildman–Crippen MR) is 89.2 cm³/mol. The van der Waals surface area contributed by atoms with Gasteiger partial charge in [-0.05, 0) is 46.5 Å². The summed E-state index contributed by atoms with van der Waals surface area (Å²) in [6, 6.07) is 0.595. The van der Waals surface area contributed by atoms with Crippen LogP contribution in [0.2, 0.25) is 0 Å². The standard InChI is InChI=1S/C17H34N2O3/c1-6-14(7-2)18-10-13-21-15-8-11-19(12-9-15)16(20)22-17(3,4)5/h14-15,18H,6-13H2,1-5H3. The molecule has 1 rings (SSSR count). The van der Waals surface area contributed by atoms with E-state index in [0.717, 1.165) is 51.9 Å². The largest absolute Gasteiger partial charge is 0.444 e. The maximum atomic E-state index is 12.0. The Morgan fingerprint density at radius 2 is 1.82 bits per heavy atom. The molecule has 0 aromatic carbocycles. The summed E-state index contributed by atoms with van der Waals surface area (Å²) >= 11 is 0. The number of likely N-dealkylation sites (tertiary alicyclic amines) is 1. The monoisotopic (exact) mass is 314 g/mol. The summed E-state index contributed by atoms with van der Waals surface area (Å²) < 4.78 is 11.3. The molecule has 0 unspecified atom stereocenters. The fourth-order valence-electron chi connectivity index (χ4n) is 2.60. The fourth-order valence-corrected chi connectivity index (χ4v) is 2.60. The summed E-state index contributed by atoms with van der Waals surface area (Å²) in [6.07, 6.45) is 4.16. The molecular formula is C17H34N2O3. The van der Waals surface area contributed by atoms with Gasteiger partial charge in [0.2, 0.25) is 0 Å². The molecule has 130 valence electrons. The molecule has 1 heterocycles. The first kappa shape index (κ1) is 19.2. The number of amides is 1. The highest BCUT2D eigenvalue weighted by atomic mass is 16.6. The molecule has 22 heavy (non-hydrogen) atoms. The Hall–Kier alpha value is -0.810. The third kappa shape index (κ3) is 7.45. The molecule has 1 aliphatic rings. The Kier molecular flexibility index (Phi) is 8.18. The summed E-state index contributed by atoms with van der Waals surface area (Å²) in [5.74, 6) is 0. The first-order valence-corrected chi connectivity index (χ1v) is 8.68. The molecule has 0 aromatic heterocycles. The van der Waals surface area contributed by atoms with Crippen molar-refractivity contribution in [3.8, 4) is 0 Å². The van der Waals surface area contributed by atoms with Gasteiger partial charge < -0.3 is 19.7 Å². The van der Waals surface area contributed by atoms with Gasteiger partial charge in [-0.25, -0.2) is 4.79 Å². The molecule has 0 bridgehead atoms. The number of ether oxygens (including phenoxy) is 2. The van der Waals surface area contributed by atoms with Crippen LogP contribution >= 0.6 is 0 Å². The first-order valence-electron chi connectivity index (χ1n) is 8.68. The average Bonchev–Trinajstić information content (AvgIpc) is 2.46. The maximum Gasteiger partial charge on any atom is 0.410 e. The zero-order chi connectivity index (χ0) is 16.6. The molecule has 0 aliphatic carbocycles. The number of piperidine rings is 1. The van der Waals surface area contributed by atoms with E-state index in [2.05, 4.69) is 19.2 Å².